The lowest BCUT2D eigenvalue weighted by molar-refractivity contribution is 0.0735. The van der Waals surface area contributed by atoms with Crippen LogP contribution in [0, 0.1) is 13.8 Å². The van der Waals surface area contributed by atoms with Crippen LogP contribution in [-0.2, 0) is 7.05 Å². The first-order chi connectivity index (χ1) is 11.6. The molecule has 124 valence electrons. The summed E-state index contributed by atoms with van der Waals surface area (Å²) in [6.07, 6.45) is 1.99. The molecule has 1 saturated heterocycles. The molecule has 0 radical (unpaired) electrons. The van der Waals surface area contributed by atoms with Gasteiger partial charge in [0, 0.05) is 30.4 Å². The molecule has 0 saturated carbocycles. The third kappa shape index (κ3) is 2.19. The minimum atomic E-state index is 0.0463. The Hall–Kier alpha value is -2.70. The molecule has 3 heterocycles. The van der Waals surface area contributed by atoms with Crippen molar-refractivity contribution in [1.29, 1.82) is 0 Å². The number of carbonyl (C=O) groups is 1. The molecule has 0 bridgehead atoms. The zero-order valence-electron chi connectivity index (χ0n) is 14.1. The predicted octanol–water partition coefficient (Wildman–Crippen LogP) is 2.29. The lowest BCUT2D eigenvalue weighted by atomic mass is 10.0. The predicted molar refractivity (Wildman–Crippen MR) is 89.6 cm³/mol. The number of amides is 1. The van der Waals surface area contributed by atoms with E-state index in [9.17, 15) is 4.79 Å². The van der Waals surface area contributed by atoms with E-state index >= 15 is 0 Å². The fourth-order valence-electron chi connectivity index (χ4n) is 3.72. The summed E-state index contributed by atoms with van der Waals surface area (Å²) >= 11 is 0. The lowest BCUT2D eigenvalue weighted by Gasteiger charge is -2.25. The molecular formula is C17H20N6O. The highest BCUT2D eigenvalue weighted by atomic mass is 16.2. The first-order valence-corrected chi connectivity index (χ1v) is 8.18. The van der Waals surface area contributed by atoms with E-state index in [1.165, 1.54) is 5.56 Å². The van der Waals surface area contributed by atoms with E-state index in [0.717, 1.165) is 36.3 Å². The maximum atomic E-state index is 13.1. The van der Waals surface area contributed by atoms with Crippen LogP contribution < -0.4 is 0 Å². The van der Waals surface area contributed by atoms with Gasteiger partial charge < -0.3 is 4.90 Å². The quantitative estimate of drug-likeness (QED) is 0.784. The van der Waals surface area contributed by atoms with Crippen molar-refractivity contribution in [2.24, 2.45) is 7.05 Å². The summed E-state index contributed by atoms with van der Waals surface area (Å²) in [4.78, 5) is 15.0. The van der Waals surface area contributed by atoms with Crippen molar-refractivity contribution in [2.75, 3.05) is 6.54 Å². The van der Waals surface area contributed by atoms with Crippen LogP contribution in [0.25, 0.3) is 11.0 Å². The van der Waals surface area contributed by atoms with Gasteiger partial charge in [0.15, 0.2) is 0 Å². The summed E-state index contributed by atoms with van der Waals surface area (Å²) in [5.74, 6) is 0.0463. The van der Waals surface area contributed by atoms with Crippen LogP contribution in [0.15, 0.2) is 18.2 Å². The molecule has 7 nitrogen and oxygen atoms in total. The molecule has 2 aromatic heterocycles. The van der Waals surface area contributed by atoms with Crippen LogP contribution in [-0.4, -0.2) is 42.5 Å². The largest absolute Gasteiger partial charge is 0.331 e. The number of hydrogen-bond donors (Lipinski definition) is 1. The number of likely N-dealkylation sites (tertiary alicyclic amines) is 1. The van der Waals surface area contributed by atoms with E-state index in [1.54, 1.807) is 6.07 Å². The molecule has 7 heteroatoms. The van der Waals surface area contributed by atoms with E-state index < -0.39 is 0 Å². The van der Waals surface area contributed by atoms with Crippen molar-refractivity contribution in [3.05, 3.63) is 40.7 Å². The van der Waals surface area contributed by atoms with Crippen LogP contribution in [0.5, 0.6) is 0 Å². The molecule has 4 rings (SSSR count). The van der Waals surface area contributed by atoms with Crippen LogP contribution in [0.2, 0.25) is 0 Å². The fourth-order valence-corrected chi connectivity index (χ4v) is 3.72. The smallest absolute Gasteiger partial charge is 0.254 e. The number of aromatic amines is 1. The minimum Gasteiger partial charge on any atom is -0.331 e. The third-order valence-electron chi connectivity index (χ3n) is 4.98. The zero-order valence-corrected chi connectivity index (χ0v) is 14.1. The van der Waals surface area contributed by atoms with Gasteiger partial charge in [-0.1, -0.05) is 0 Å². The van der Waals surface area contributed by atoms with Gasteiger partial charge in [0.1, 0.15) is 11.0 Å². The average molecular weight is 324 g/mol. The van der Waals surface area contributed by atoms with Gasteiger partial charge in [0.2, 0.25) is 0 Å². The number of aromatic nitrogens is 5. The Morgan fingerprint density at radius 2 is 2.04 bits per heavy atom. The van der Waals surface area contributed by atoms with Gasteiger partial charge in [-0.05, 0) is 44.9 Å². The Bertz CT molecular complexity index is 924. The summed E-state index contributed by atoms with van der Waals surface area (Å²) in [6.45, 7) is 4.86. The molecule has 1 N–H and O–H groups in total. The first-order valence-electron chi connectivity index (χ1n) is 8.18. The van der Waals surface area contributed by atoms with Crippen molar-refractivity contribution in [3.63, 3.8) is 0 Å². The molecule has 0 unspecified atom stereocenters. The van der Waals surface area contributed by atoms with Crippen molar-refractivity contribution in [3.8, 4) is 0 Å². The SMILES string of the molecule is Cc1nn(C)c(C)c1[C@@H]1CCCN1C(=O)c1ccc2n[nH]nc2c1. The van der Waals surface area contributed by atoms with Gasteiger partial charge in [0.05, 0.1) is 11.7 Å². The molecular weight excluding hydrogens is 304 g/mol. The van der Waals surface area contributed by atoms with E-state index in [4.69, 9.17) is 0 Å². The summed E-state index contributed by atoms with van der Waals surface area (Å²) in [5, 5.41) is 15.2. The second-order valence-corrected chi connectivity index (χ2v) is 6.39. The maximum Gasteiger partial charge on any atom is 0.254 e. The Balaban J connectivity index is 1.70. The Morgan fingerprint density at radius 1 is 1.25 bits per heavy atom. The van der Waals surface area contributed by atoms with E-state index in [-0.39, 0.29) is 11.9 Å². The molecule has 1 fully saturated rings. The number of fused-ring (bicyclic) bond motifs is 1. The van der Waals surface area contributed by atoms with Crippen molar-refractivity contribution < 1.29 is 4.79 Å². The molecule has 24 heavy (non-hydrogen) atoms. The van der Waals surface area contributed by atoms with Crippen molar-refractivity contribution in [2.45, 2.75) is 32.7 Å². The van der Waals surface area contributed by atoms with Crippen molar-refractivity contribution >= 4 is 16.9 Å². The molecule has 3 aromatic rings. The number of rotatable bonds is 2. The number of aryl methyl sites for hydroxylation is 2. The molecule has 1 aromatic carbocycles. The van der Waals surface area contributed by atoms with Gasteiger partial charge in [-0.15, -0.1) is 0 Å². The maximum absolute atomic E-state index is 13.1. The minimum absolute atomic E-state index is 0.0463. The van der Waals surface area contributed by atoms with Crippen LogP contribution in [0.3, 0.4) is 0 Å². The Kier molecular flexibility index (Phi) is 3.37. The average Bonchev–Trinajstić information content (AvgIpc) is 3.26. The van der Waals surface area contributed by atoms with Crippen molar-refractivity contribution in [1.82, 2.24) is 30.1 Å². The van der Waals surface area contributed by atoms with E-state index in [1.807, 2.05) is 35.7 Å². The van der Waals surface area contributed by atoms with Gasteiger partial charge in [-0.25, -0.2) is 0 Å². The van der Waals surface area contributed by atoms with Crippen LogP contribution >= 0.6 is 0 Å². The van der Waals surface area contributed by atoms with Gasteiger partial charge in [0.25, 0.3) is 5.91 Å². The number of hydrogen-bond acceptors (Lipinski definition) is 4. The highest BCUT2D eigenvalue weighted by molar-refractivity contribution is 5.97. The van der Waals surface area contributed by atoms with Gasteiger partial charge in [-0.3, -0.25) is 9.48 Å². The van der Waals surface area contributed by atoms with Gasteiger partial charge >= 0.3 is 0 Å². The standard InChI is InChI=1S/C17H20N6O/c1-10-16(11(2)22(3)20-10)15-5-4-8-23(15)17(24)12-6-7-13-14(9-12)19-21-18-13/h6-7,9,15H,4-5,8H2,1-3H3,(H,18,19,21)/t15-/m0/s1. The highest BCUT2D eigenvalue weighted by Crippen LogP contribution is 2.36. The van der Waals surface area contributed by atoms with Crippen LogP contribution in [0.4, 0.5) is 0 Å². The van der Waals surface area contributed by atoms with E-state index in [2.05, 4.69) is 27.4 Å². The normalized spacial score (nSPS) is 17.8. The van der Waals surface area contributed by atoms with E-state index in [0.29, 0.717) is 11.1 Å². The molecule has 0 spiro atoms. The van der Waals surface area contributed by atoms with Crippen LogP contribution in [0.1, 0.15) is 46.2 Å². The molecule has 1 aliphatic heterocycles. The second kappa shape index (κ2) is 5.43. The lowest BCUT2D eigenvalue weighted by Crippen LogP contribution is -2.31. The Labute approximate surface area is 139 Å². The number of nitrogens with zero attached hydrogens (tertiary/aromatic N) is 5. The Morgan fingerprint density at radius 3 is 2.79 bits per heavy atom. The molecule has 1 aliphatic rings. The molecule has 1 atom stereocenters. The second-order valence-electron chi connectivity index (χ2n) is 6.39. The summed E-state index contributed by atoms with van der Waals surface area (Å²) < 4.78 is 1.90. The molecule has 0 aliphatic carbocycles. The summed E-state index contributed by atoms with van der Waals surface area (Å²) in [7, 11) is 1.95. The van der Waals surface area contributed by atoms with Gasteiger partial charge in [-0.2, -0.15) is 20.5 Å². The highest BCUT2D eigenvalue weighted by Gasteiger charge is 2.34. The first kappa shape index (κ1) is 14.9. The third-order valence-corrected chi connectivity index (χ3v) is 4.98. The number of nitrogens with one attached hydrogen (secondary N) is 1. The monoisotopic (exact) mass is 324 g/mol. The number of carbonyl (C=O) groups excluding carboxylic acids is 1. The number of benzene rings is 1. The fraction of sp³-hybridized carbons (Fsp3) is 0.412. The number of H-pyrrole nitrogens is 1. The summed E-state index contributed by atoms with van der Waals surface area (Å²) in [6, 6.07) is 5.56. The molecule has 1 amide bonds. The topological polar surface area (TPSA) is 79.7 Å². The zero-order chi connectivity index (χ0) is 16.8. The summed E-state index contributed by atoms with van der Waals surface area (Å²) in [5.41, 5.74) is 5.46.